The van der Waals surface area contributed by atoms with E-state index in [9.17, 15) is 4.79 Å². The number of nitrogens with one attached hydrogen (secondary N) is 2. The van der Waals surface area contributed by atoms with Crippen molar-refractivity contribution < 1.29 is 4.79 Å². The van der Waals surface area contributed by atoms with E-state index >= 15 is 0 Å². The summed E-state index contributed by atoms with van der Waals surface area (Å²) in [6.45, 7) is 1.67. The summed E-state index contributed by atoms with van der Waals surface area (Å²) >= 11 is 0.0564. The molecule has 0 saturated carbocycles. The Hall–Kier alpha value is -1.25. The average Bonchev–Trinajstić information content (AvgIpc) is 2.88. The zero-order valence-electron chi connectivity index (χ0n) is 9.07. The van der Waals surface area contributed by atoms with Crippen LogP contribution in [0.4, 0.5) is 0 Å². The molecule has 2 aromatic rings. The molecule has 2 aromatic heterocycles. The van der Waals surface area contributed by atoms with Gasteiger partial charge in [-0.3, -0.25) is 0 Å². The van der Waals surface area contributed by atoms with E-state index in [1.165, 1.54) is 11.4 Å². The van der Waals surface area contributed by atoms with Crippen LogP contribution in [-0.2, 0) is 4.79 Å². The van der Waals surface area contributed by atoms with E-state index < -0.39 is 0 Å². The van der Waals surface area contributed by atoms with Gasteiger partial charge < -0.3 is 0 Å². The van der Waals surface area contributed by atoms with Gasteiger partial charge in [0, 0.05) is 0 Å². The molecule has 0 aliphatic rings. The van der Waals surface area contributed by atoms with Crippen molar-refractivity contribution >= 4 is 19.6 Å². The normalized spacial score (nSPS) is 10.9. The number of aromatic amines is 2. The fourth-order valence-electron chi connectivity index (χ4n) is 1.67. The third kappa shape index (κ3) is 2.65. The van der Waals surface area contributed by atoms with Gasteiger partial charge in [-0.15, -0.1) is 0 Å². The quantitative estimate of drug-likeness (QED) is 0.810. The van der Waals surface area contributed by atoms with Gasteiger partial charge in [0.1, 0.15) is 0 Å². The summed E-state index contributed by atoms with van der Waals surface area (Å²) in [5.74, 6) is 0.286. The van der Waals surface area contributed by atoms with Gasteiger partial charge in [0.15, 0.2) is 0 Å². The fraction of sp³-hybridized carbons (Fsp3) is 0.250. The molecule has 16 heavy (non-hydrogen) atoms. The van der Waals surface area contributed by atoms with Crippen molar-refractivity contribution in [1.82, 2.24) is 9.97 Å². The molecule has 0 spiro atoms. The van der Waals surface area contributed by atoms with E-state index in [2.05, 4.69) is 22.1 Å². The summed E-state index contributed by atoms with van der Waals surface area (Å²) < 4.78 is 0.301. The van der Waals surface area contributed by atoms with Gasteiger partial charge in [-0.25, -0.2) is 0 Å². The van der Waals surface area contributed by atoms with Gasteiger partial charge in [-0.1, -0.05) is 0 Å². The molecule has 0 radical (unpaired) electrons. The van der Waals surface area contributed by atoms with Crippen molar-refractivity contribution in [2.45, 2.75) is 18.2 Å². The van der Waals surface area contributed by atoms with Crippen molar-refractivity contribution in [3.63, 3.8) is 0 Å². The molecule has 0 aromatic carbocycles. The Morgan fingerprint density at radius 1 is 1.25 bits per heavy atom. The molecule has 0 unspecified atom stereocenters. The minimum absolute atomic E-state index is 0.0564. The van der Waals surface area contributed by atoms with Gasteiger partial charge in [0.05, 0.1) is 0 Å². The first-order valence-electron chi connectivity index (χ1n) is 5.17. The van der Waals surface area contributed by atoms with Gasteiger partial charge in [0.25, 0.3) is 0 Å². The van der Waals surface area contributed by atoms with Crippen LogP contribution in [0.2, 0.25) is 5.32 Å². The van der Waals surface area contributed by atoms with Crippen LogP contribution in [0.1, 0.15) is 24.2 Å². The molecule has 0 saturated heterocycles. The number of H-pyrrole nitrogens is 2. The van der Waals surface area contributed by atoms with Crippen molar-refractivity contribution in [3.05, 3.63) is 48.0 Å². The summed E-state index contributed by atoms with van der Waals surface area (Å²) in [4.78, 5) is 17.6. The van der Waals surface area contributed by atoms with Crippen LogP contribution in [0, 0.1) is 0 Å². The molecule has 0 atom stereocenters. The van der Waals surface area contributed by atoms with E-state index in [1.807, 2.05) is 24.5 Å². The second-order valence-corrected chi connectivity index (χ2v) is 6.12. The average molecular weight is 281 g/mol. The number of aromatic nitrogens is 2. The Balaban J connectivity index is 2.17. The van der Waals surface area contributed by atoms with Crippen LogP contribution in [0.15, 0.2) is 36.7 Å². The second-order valence-electron chi connectivity index (χ2n) is 3.61. The molecule has 0 aliphatic heterocycles. The maximum atomic E-state index is 11.1. The number of carbonyl (C=O) groups is 1. The monoisotopic (exact) mass is 282 g/mol. The summed E-state index contributed by atoms with van der Waals surface area (Å²) in [7, 11) is 0. The van der Waals surface area contributed by atoms with Gasteiger partial charge in [0.2, 0.25) is 0 Å². The summed E-state index contributed by atoms with van der Waals surface area (Å²) in [5, 5.41) is 0.906. The predicted octanol–water partition coefficient (Wildman–Crippen LogP) is 2.14. The summed E-state index contributed by atoms with van der Waals surface area (Å²) in [6.07, 6.45) is 3.85. The molecular formula is C12H14N2OSe. The molecule has 2 N–H and O–H groups in total. The molecule has 0 fully saturated rings. The second kappa shape index (κ2) is 5.19. The van der Waals surface area contributed by atoms with E-state index in [4.69, 9.17) is 0 Å². The Morgan fingerprint density at radius 3 is 2.19 bits per heavy atom. The zero-order valence-corrected chi connectivity index (χ0v) is 10.8. The first-order chi connectivity index (χ1) is 7.77. The van der Waals surface area contributed by atoms with E-state index in [1.54, 1.807) is 6.92 Å². The number of hydrogen-bond donors (Lipinski definition) is 2. The number of rotatable bonds is 5. The van der Waals surface area contributed by atoms with Crippen LogP contribution in [0.25, 0.3) is 0 Å². The minimum atomic E-state index is 0.0564. The van der Waals surface area contributed by atoms with Crippen LogP contribution < -0.4 is 0 Å². The predicted molar refractivity (Wildman–Crippen MR) is 64.7 cm³/mol. The van der Waals surface area contributed by atoms with E-state index in [-0.39, 0.29) is 20.9 Å². The van der Waals surface area contributed by atoms with Gasteiger partial charge >= 0.3 is 101 Å². The number of carbonyl (C=O) groups excluding carboxylic acids is 1. The topological polar surface area (TPSA) is 48.6 Å². The first kappa shape index (κ1) is 11.2. The standard InChI is InChI=1S/C12H14N2OSe/c1-9(15)16-8-10(11-4-2-6-13-11)12-5-3-7-14-12/h2-7,10,13-14H,8H2,1H3. The summed E-state index contributed by atoms with van der Waals surface area (Å²) in [6, 6.07) is 8.13. The molecule has 2 rings (SSSR count). The van der Waals surface area contributed by atoms with E-state index in [0.717, 1.165) is 5.32 Å². The summed E-state index contributed by atoms with van der Waals surface area (Å²) in [5.41, 5.74) is 2.34. The molecular weight excluding hydrogens is 267 g/mol. The van der Waals surface area contributed by atoms with Gasteiger partial charge in [-0.2, -0.15) is 0 Å². The zero-order chi connectivity index (χ0) is 11.4. The Bertz CT molecular complexity index is 399. The van der Waals surface area contributed by atoms with Crippen molar-refractivity contribution in [3.8, 4) is 0 Å². The van der Waals surface area contributed by atoms with Gasteiger partial charge in [-0.05, 0) is 0 Å². The van der Waals surface area contributed by atoms with Crippen LogP contribution >= 0.6 is 0 Å². The molecule has 0 aliphatic carbocycles. The van der Waals surface area contributed by atoms with Crippen LogP contribution in [0.5, 0.6) is 0 Å². The molecule has 2 heterocycles. The molecule has 0 amide bonds. The van der Waals surface area contributed by atoms with Crippen LogP contribution in [-0.4, -0.2) is 29.6 Å². The van der Waals surface area contributed by atoms with E-state index in [0.29, 0.717) is 4.68 Å². The molecule has 0 bridgehead atoms. The number of hydrogen-bond acceptors (Lipinski definition) is 1. The molecule has 4 heteroatoms. The third-order valence-electron chi connectivity index (χ3n) is 2.45. The Labute approximate surface area is 101 Å². The van der Waals surface area contributed by atoms with Crippen molar-refractivity contribution in [2.24, 2.45) is 0 Å². The van der Waals surface area contributed by atoms with Crippen LogP contribution in [0.3, 0.4) is 0 Å². The Kier molecular flexibility index (Phi) is 3.65. The molecule has 3 nitrogen and oxygen atoms in total. The Morgan fingerprint density at radius 2 is 1.81 bits per heavy atom. The molecule has 84 valence electrons. The first-order valence-corrected chi connectivity index (χ1v) is 7.24. The SMILES string of the molecule is CC(=O)[Se]CC(c1ccc[nH]1)c1ccc[nH]1. The maximum absolute atomic E-state index is 11.1. The van der Waals surface area contributed by atoms with Crippen molar-refractivity contribution in [2.75, 3.05) is 0 Å². The van der Waals surface area contributed by atoms with Crippen molar-refractivity contribution in [1.29, 1.82) is 0 Å². The fourth-order valence-corrected chi connectivity index (χ4v) is 3.27. The third-order valence-corrected chi connectivity index (χ3v) is 4.35.